The predicted molar refractivity (Wildman–Crippen MR) is 105 cm³/mol. The summed E-state index contributed by atoms with van der Waals surface area (Å²) in [5, 5.41) is 17.2. The second-order valence-electron chi connectivity index (χ2n) is 8.44. The van der Waals surface area contributed by atoms with Crippen LogP contribution in [0.15, 0.2) is 0 Å². The Kier molecular flexibility index (Phi) is 7.45. The third-order valence-corrected chi connectivity index (χ3v) is 5.94. The summed E-state index contributed by atoms with van der Waals surface area (Å²) in [4.78, 5) is 24.0. The Morgan fingerprint density at radius 2 is 2.03 bits per heavy atom. The highest BCUT2D eigenvalue weighted by Crippen LogP contribution is 2.40. The van der Waals surface area contributed by atoms with Gasteiger partial charge in [0.05, 0.1) is 20.5 Å². The lowest BCUT2D eigenvalue weighted by molar-refractivity contribution is -0.150. The van der Waals surface area contributed by atoms with Crippen molar-refractivity contribution >= 4 is 11.9 Å². The Morgan fingerprint density at radius 1 is 1.21 bits per heavy atom. The number of ether oxygens (including phenoxy) is 2. The third-order valence-electron chi connectivity index (χ3n) is 5.94. The summed E-state index contributed by atoms with van der Waals surface area (Å²) in [7, 11) is 0. The van der Waals surface area contributed by atoms with Gasteiger partial charge in [-0.2, -0.15) is 5.21 Å². The molecular formula is C20H33N5O4. The number of H-pyrrole nitrogens is 1. The van der Waals surface area contributed by atoms with E-state index in [2.05, 4.69) is 25.9 Å². The summed E-state index contributed by atoms with van der Waals surface area (Å²) in [5.41, 5.74) is 0. The van der Waals surface area contributed by atoms with Gasteiger partial charge in [-0.15, -0.1) is 10.2 Å². The fraction of sp³-hybridized carbons (Fsp3) is 0.850. The minimum absolute atomic E-state index is 0.147. The SMILES string of the molecule is [2H][C@@]1(C(=O)OCCCOC(=O)C(C)C)C[C@H]2C[C@@H](CCc3nn[nH]n3)CC[C@H]2CN1. The van der Waals surface area contributed by atoms with Gasteiger partial charge in [-0.05, 0) is 50.0 Å². The first-order chi connectivity index (χ1) is 14.4. The second-order valence-corrected chi connectivity index (χ2v) is 8.44. The maximum atomic E-state index is 12.6. The zero-order chi connectivity index (χ0) is 21.6. The number of hydrogen-bond acceptors (Lipinski definition) is 8. The molecule has 4 atom stereocenters. The van der Waals surface area contributed by atoms with E-state index in [4.69, 9.17) is 10.8 Å². The van der Waals surface area contributed by atoms with E-state index in [0.29, 0.717) is 37.1 Å². The molecule has 0 aromatic carbocycles. The Bertz CT molecular complexity index is 701. The molecule has 1 aliphatic heterocycles. The van der Waals surface area contributed by atoms with E-state index >= 15 is 0 Å². The normalized spacial score (nSPS) is 29.8. The van der Waals surface area contributed by atoms with Crippen LogP contribution in [-0.2, 0) is 25.5 Å². The van der Waals surface area contributed by atoms with E-state index < -0.39 is 12.0 Å². The number of aryl methyl sites for hydroxylation is 1. The molecule has 0 radical (unpaired) electrons. The average Bonchev–Trinajstić information content (AvgIpc) is 3.25. The zero-order valence-electron chi connectivity index (χ0n) is 18.4. The number of hydrogen-bond donors (Lipinski definition) is 2. The first kappa shape index (κ1) is 20.3. The molecule has 29 heavy (non-hydrogen) atoms. The molecule has 9 nitrogen and oxygen atoms in total. The number of tetrazole rings is 1. The van der Waals surface area contributed by atoms with Crippen molar-refractivity contribution < 1.29 is 20.4 Å². The van der Waals surface area contributed by atoms with Crippen molar-refractivity contribution in [2.24, 2.45) is 23.7 Å². The van der Waals surface area contributed by atoms with Gasteiger partial charge >= 0.3 is 11.9 Å². The molecule has 2 fully saturated rings. The predicted octanol–water partition coefficient (Wildman–Crippen LogP) is 1.66. The van der Waals surface area contributed by atoms with Gasteiger partial charge in [-0.25, -0.2) is 0 Å². The molecule has 162 valence electrons. The topological polar surface area (TPSA) is 119 Å². The quantitative estimate of drug-likeness (QED) is 0.468. The number of carbonyl (C=O) groups excluding carboxylic acids is 2. The Balaban J connectivity index is 1.41. The maximum absolute atomic E-state index is 12.6. The van der Waals surface area contributed by atoms with Crippen molar-refractivity contribution in [3.8, 4) is 0 Å². The van der Waals surface area contributed by atoms with Gasteiger partial charge in [0, 0.05) is 12.8 Å². The highest BCUT2D eigenvalue weighted by atomic mass is 16.5. The van der Waals surface area contributed by atoms with Gasteiger partial charge in [0.2, 0.25) is 0 Å². The van der Waals surface area contributed by atoms with Crippen molar-refractivity contribution in [3.63, 3.8) is 0 Å². The van der Waals surface area contributed by atoms with E-state index in [9.17, 15) is 9.59 Å². The lowest BCUT2D eigenvalue weighted by Crippen LogP contribution is -2.50. The average molecular weight is 409 g/mol. The van der Waals surface area contributed by atoms with Crippen molar-refractivity contribution in [2.75, 3.05) is 19.8 Å². The van der Waals surface area contributed by atoms with Crippen LogP contribution in [0.3, 0.4) is 0 Å². The molecule has 0 amide bonds. The minimum atomic E-state index is -1.40. The van der Waals surface area contributed by atoms with Crippen LogP contribution >= 0.6 is 0 Å². The molecule has 2 heterocycles. The molecule has 0 unspecified atom stereocenters. The maximum Gasteiger partial charge on any atom is 0.323 e. The Morgan fingerprint density at radius 3 is 2.79 bits per heavy atom. The molecule has 1 saturated heterocycles. The summed E-state index contributed by atoms with van der Waals surface area (Å²) in [6, 6.07) is -1.40. The molecule has 1 aliphatic carbocycles. The smallest absolute Gasteiger partial charge is 0.323 e. The lowest BCUT2D eigenvalue weighted by Gasteiger charge is -2.42. The molecule has 1 saturated carbocycles. The highest BCUT2D eigenvalue weighted by molar-refractivity contribution is 5.76. The van der Waals surface area contributed by atoms with Crippen molar-refractivity contribution in [3.05, 3.63) is 5.82 Å². The van der Waals surface area contributed by atoms with E-state index in [1.54, 1.807) is 13.8 Å². The molecule has 3 rings (SSSR count). The molecule has 2 aliphatic rings. The van der Waals surface area contributed by atoms with E-state index in [0.717, 1.165) is 37.9 Å². The van der Waals surface area contributed by atoms with Crippen molar-refractivity contribution in [1.29, 1.82) is 0 Å². The number of piperidine rings is 1. The lowest BCUT2D eigenvalue weighted by atomic mass is 9.69. The number of carbonyl (C=O) groups is 2. The number of esters is 2. The van der Waals surface area contributed by atoms with Crippen LogP contribution in [0.5, 0.6) is 0 Å². The fourth-order valence-electron chi connectivity index (χ4n) is 4.22. The van der Waals surface area contributed by atoms with Crippen LogP contribution in [-0.4, -0.2) is 58.3 Å². The van der Waals surface area contributed by atoms with E-state index in [-0.39, 0.29) is 25.1 Å². The van der Waals surface area contributed by atoms with Crippen molar-refractivity contribution in [2.45, 2.75) is 64.8 Å². The molecule has 9 heteroatoms. The molecule has 0 spiro atoms. The first-order valence-electron chi connectivity index (χ1n) is 11.2. The Hall–Kier alpha value is -2.03. The van der Waals surface area contributed by atoms with Crippen LogP contribution in [0, 0.1) is 23.7 Å². The third kappa shape index (κ3) is 6.48. The second kappa shape index (κ2) is 10.7. The van der Waals surface area contributed by atoms with Crippen LogP contribution in [0.4, 0.5) is 0 Å². The standard InChI is InChI=1S/C20H33N5O4/c1-13(2)19(26)28-8-3-9-29-20(27)17-11-16-10-14(4-6-15(16)12-21-17)5-7-18-22-24-25-23-18/h13-17,21H,3-12H2,1-2H3,(H,22,23,24,25)/t14-,15+,16-,17+/m1/s1/i17D. The Labute approximate surface area is 173 Å². The summed E-state index contributed by atoms with van der Waals surface area (Å²) < 4.78 is 19.0. The van der Waals surface area contributed by atoms with Crippen LogP contribution < -0.4 is 5.32 Å². The van der Waals surface area contributed by atoms with Crippen LogP contribution in [0.1, 0.15) is 59.6 Å². The highest BCUT2D eigenvalue weighted by Gasteiger charge is 2.38. The summed E-state index contributed by atoms with van der Waals surface area (Å²) >= 11 is 0. The number of rotatable bonds is 9. The van der Waals surface area contributed by atoms with Crippen molar-refractivity contribution in [1.82, 2.24) is 25.9 Å². The number of aromatic amines is 1. The molecular weight excluding hydrogens is 374 g/mol. The molecule has 0 bridgehead atoms. The van der Waals surface area contributed by atoms with Gasteiger partial charge in [0.1, 0.15) is 6.02 Å². The molecule has 1 aromatic heterocycles. The number of aromatic nitrogens is 4. The van der Waals surface area contributed by atoms with Gasteiger partial charge < -0.3 is 14.8 Å². The van der Waals surface area contributed by atoms with Crippen LogP contribution in [0.2, 0.25) is 0 Å². The van der Waals surface area contributed by atoms with Gasteiger partial charge in [0.25, 0.3) is 0 Å². The van der Waals surface area contributed by atoms with Gasteiger partial charge in [-0.3, -0.25) is 9.59 Å². The van der Waals surface area contributed by atoms with Gasteiger partial charge in [0.15, 0.2) is 5.82 Å². The zero-order valence-corrected chi connectivity index (χ0v) is 17.4. The summed E-state index contributed by atoms with van der Waals surface area (Å²) in [6.45, 7) is 4.58. The molecule has 1 aromatic rings. The summed E-state index contributed by atoms with van der Waals surface area (Å²) in [5.74, 6) is 1.17. The molecule has 2 N–H and O–H groups in total. The monoisotopic (exact) mass is 408 g/mol. The van der Waals surface area contributed by atoms with Crippen LogP contribution in [0.25, 0.3) is 0 Å². The van der Waals surface area contributed by atoms with Gasteiger partial charge in [-0.1, -0.05) is 25.5 Å². The van der Waals surface area contributed by atoms with E-state index in [1.807, 2.05) is 0 Å². The number of nitrogens with one attached hydrogen (secondary N) is 2. The number of fused-ring (bicyclic) bond motifs is 1. The first-order valence-corrected chi connectivity index (χ1v) is 10.7. The fourth-order valence-corrected chi connectivity index (χ4v) is 4.22. The largest absolute Gasteiger partial charge is 0.465 e. The minimum Gasteiger partial charge on any atom is -0.465 e. The van der Waals surface area contributed by atoms with E-state index in [1.165, 1.54) is 0 Å². The summed E-state index contributed by atoms with van der Waals surface area (Å²) in [6.07, 6.45) is 5.99. The number of nitrogens with zero attached hydrogens (tertiary/aromatic N) is 3.